The lowest BCUT2D eigenvalue weighted by molar-refractivity contribution is -0.120. The highest BCUT2D eigenvalue weighted by atomic mass is 35.5. The number of carbonyl (C=O) groups excluding carboxylic acids is 1. The molecule has 0 bridgehead atoms. The van der Waals surface area contributed by atoms with Crippen molar-refractivity contribution >= 4 is 23.2 Å². The minimum Gasteiger partial charge on any atom is -0.494 e. The topological polar surface area (TPSA) is 65.4 Å². The largest absolute Gasteiger partial charge is 0.494 e. The summed E-state index contributed by atoms with van der Waals surface area (Å²) in [6.07, 6.45) is 0. The number of methoxy groups -OCH3 is 1. The Labute approximate surface area is 156 Å². The summed E-state index contributed by atoms with van der Waals surface area (Å²) in [5.74, 6) is -0.495. The smallest absolute Gasteiger partial charge is 0.241 e. The Balaban J connectivity index is 2.02. The zero-order valence-corrected chi connectivity index (χ0v) is 15.5. The molecular weight excluding hydrogens is 357 g/mol. The highest BCUT2D eigenvalue weighted by molar-refractivity contribution is 6.32. The molecule has 0 heterocycles. The molecule has 136 valence electrons. The van der Waals surface area contributed by atoms with Crippen LogP contribution in [0.25, 0.3) is 0 Å². The van der Waals surface area contributed by atoms with Gasteiger partial charge in [0.2, 0.25) is 5.91 Å². The quantitative estimate of drug-likeness (QED) is 0.833. The number of halogens is 2. The van der Waals surface area contributed by atoms with E-state index in [0.29, 0.717) is 17.8 Å². The fourth-order valence-corrected chi connectivity index (χ4v) is 2.59. The van der Waals surface area contributed by atoms with Gasteiger partial charge in [0.15, 0.2) is 11.6 Å². The molecule has 2 aromatic carbocycles. The van der Waals surface area contributed by atoms with Gasteiger partial charge in [-0.1, -0.05) is 17.7 Å². The van der Waals surface area contributed by atoms with Crippen LogP contribution in [0.3, 0.4) is 0 Å². The van der Waals surface area contributed by atoms with Crippen LogP contribution in [0.4, 0.5) is 10.1 Å². The molecule has 7 heteroatoms. The number of hydrogen-bond donors (Lipinski definition) is 1. The summed E-state index contributed by atoms with van der Waals surface area (Å²) >= 11 is 5.97. The predicted octanol–water partition coefficient (Wildman–Crippen LogP) is 3.82. The average Bonchev–Trinajstić information content (AvgIpc) is 2.61. The molecule has 1 amide bonds. The molecule has 0 saturated heterocycles. The fourth-order valence-electron chi connectivity index (χ4n) is 2.36. The van der Waals surface area contributed by atoms with E-state index in [1.54, 1.807) is 43.1 Å². The Morgan fingerprint density at radius 1 is 1.38 bits per heavy atom. The van der Waals surface area contributed by atoms with Crippen molar-refractivity contribution in [3.8, 4) is 11.8 Å². The third kappa shape index (κ3) is 4.72. The van der Waals surface area contributed by atoms with E-state index in [2.05, 4.69) is 5.32 Å². The SMILES string of the molecule is COc1ccc(CN(C)C(C)C(=O)Nc2ccc(C#N)c(Cl)c2)cc1F. The van der Waals surface area contributed by atoms with Crippen LogP contribution < -0.4 is 10.1 Å². The molecule has 1 N–H and O–H groups in total. The van der Waals surface area contributed by atoms with Crippen molar-refractivity contribution in [2.24, 2.45) is 0 Å². The first-order chi connectivity index (χ1) is 12.3. The summed E-state index contributed by atoms with van der Waals surface area (Å²) in [6, 6.07) is 10.9. The minimum atomic E-state index is -0.463. The van der Waals surface area contributed by atoms with E-state index in [9.17, 15) is 9.18 Å². The summed E-state index contributed by atoms with van der Waals surface area (Å²) < 4.78 is 18.7. The summed E-state index contributed by atoms with van der Waals surface area (Å²) in [7, 11) is 3.18. The highest BCUT2D eigenvalue weighted by Gasteiger charge is 2.19. The average molecular weight is 376 g/mol. The Morgan fingerprint density at radius 2 is 2.12 bits per heavy atom. The lowest BCUT2D eigenvalue weighted by atomic mass is 10.1. The maximum absolute atomic E-state index is 13.8. The molecule has 2 aromatic rings. The lowest BCUT2D eigenvalue weighted by Crippen LogP contribution is -2.39. The van der Waals surface area contributed by atoms with Crippen LogP contribution >= 0.6 is 11.6 Å². The molecule has 1 atom stereocenters. The van der Waals surface area contributed by atoms with Crippen molar-refractivity contribution in [1.82, 2.24) is 4.90 Å². The van der Waals surface area contributed by atoms with Crippen molar-refractivity contribution in [1.29, 1.82) is 5.26 Å². The zero-order chi connectivity index (χ0) is 19.3. The van der Waals surface area contributed by atoms with Crippen LogP contribution in [0.1, 0.15) is 18.1 Å². The highest BCUT2D eigenvalue weighted by Crippen LogP contribution is 2.21. The van der Waals surface area contributed by atoms with Gasteiger partial charge in [-0.2, -0.15) is 5.26 Å². The number of ether oxygens (including phenoxy) is 1. The van der Waals surface area contributed by atoms with E-state index in [0.717, 1.165) is 5.56 Å². The molecule has 26 heavy (non-hydrogen) atoms. The number of rotatable bonds is 6. The molecule has 5 nitrogen and oxygen atoms in total. The monoisotopic (exact) mass is 375 g/mol. The fraction of sp³-hybridized carbons (Fsp3) is 0.263. The second kappa shape index (κ2) is 8.65. The maximum atomic E-state index is 13.8. The van der Waals surface area contributed by atoms with E-state index < -0.39 is 11.9 Å². The molecule has 0 aromatic heterocycles. The first-order valence-corrected chi connectivity index (χ1v) is 8.26. The van der Waals surface area contributed by atoms with Gasteiger partial charge in [-0.05, 0) is 49.9 Å². The number of amides is 1. The molecule has 0 aliphatic heterocycles. The van der Waals surface area contributed by atoms with Crippen molar-refractivity contribution in [3.05, 3.63) is 58.4 Å². The molecule has 2 rings (SSSR count). The van der Waals surface area contributed by atoms with Gasteiger partial charge in [0.1, 0.15) is 6.07 Å². The Bertz CT molecular complexity index is 851. The minimum absolute atomic E-state index is 0.180. The van der Waals surface area contributed by atoms with Gasteiger partial charge in [0.05, 0.1) is 23.7 Å². The van der Waals surface area contributed by atoms with E-state index in [4.69, 9.17) is 21.6 Å². The van der Waals surface area contributed by atoms with E-state index in [1.165, 1.54) is 19.2 Å². The van der Waals surface area contributed by atoms with Gasteiger partial charge < -0.3 is 10.1 Å². The summed E-state index contributed by atoms with van der Waals surface area (Å²) in [6.45, 7) is 2.14. The van der Waals surface area contributed by atoms with Gasteiger partial charge in [0, 0.05) is 12.2 Å². The number of nitrogens with one attached hydrogen (secondary N) is 1. The first-order valence-electron chi connectivity index (χ1n) is 7.89. The van der Waals surface area contributed by atoms with Gasteiger partial charge in [-0.3, -0.25) is 9.69 Å². The molecule has 0 spiro atoms. The first kappa shape index (κ1) is 19.7. The number of nitriles is 1. The normalized spacial score (nSPS) is 11.7. The van der Waals surface area contributed by atoms with Crippen LogP contribution in [0, 0.1) is 17.1 Å². The van der Waals surface area contributed by atoms with Crippen LogP contribution in [-0.4, -0.2) is 31.0 Å². The third-order valence-electron chi connectivity index (χ3n) is 4.05. The van der Waals surface area contributed by atoms with Crippen LogP contribution in [0.5, 0.6) is 5.75 Å². The molecule has 1 unspecified atom stereocenters. The number of carbonyl (C=O) groups is 1. The second-order valence-electron chi connectivity index (χ2n) is 5.86. The zero-order valence-electron chi connectivity index (χ0n) is 14.7. The van der Waals surface area contributed by atoms with E-state index in [-0.39, 0.29) is 16.7 Å². The number of nitrogens with zero attached hydrogens (tertiary/aromatic N) is 2. The molecular formula is C19H19ClFN3O2. The maximum Gasteiger partial charge on any atom is 0.241 e. The van der Waals surface area contributed by atoms with Crippen LogP contribution in [0.2, 0.25) is 5.02 Å². The van der Waals surface area contributed by atoms with Crippen molar-refractivity contribution in [3.63, 3.8) is 0 Å². The van der Waals surface area contributed by atoms with Gasteiger partial charge in [-0.25, -0.2) is 4.39 Å². The molecule has 0 saturated carbocycles. The lowest BCUT2D eigenvalue weighted by Gasteiger charge is -2.24. The van der Waals surface area contributed by atoms with Gasteiger partial charge in [-0.15, -0.1) is 0 Å². The van der Waals surface area contributed by atoms with Crippen LogP contribution in [-0.2, 0) is 11.3 Å². The van der Waals surface area contributed by atoms with E-state index in [1.807, 2.05) is 6.07 Å². The second-order valence-corrected chi connectivity index (χ2v) is 6.26. The van der Waals surface area contributed by atoms with Crippen molar-refractivity contribution in [2.75, 3.05) is 19.5 Å². The number of benzene rings is 2. The molecule has 0 aliphatic carbocycles. The predicted molar refractivity (Wildman–Crippen MR) is 98.7 cm³/mol. The van der Waals surface area contributed by atoms with Crippen molar-refractivity contribution < 1.29 is 13.9 Å². The van der Waals surface area contributed by atoms with Gasteiger partial charge >= 0.3 is 0 Å². The molecule has 0 radical (unpaired) electrons. The Kier molecular flexibility index (Phi) is 6.56. The molecule has 0 aliphatic rings. The summed E-state index contributed by atoms with van der Waals surface area (Å²) in [4.78, 5) is 14.2. The Morgan fingerprint density at radius 3 is 2.69 bits per heavy atom. The number of anilines is 1. The Hall–Kier alpha value is -2.62. The molecule has 0 fully saturated rings. The number of hydrogen-bond acceptors (Lipinski definition) is 4. The summed E-state index contributed by atoms with van der Waals surface area (Å²) in [5.41, 5.74) is 1.58. The standard InChI is InChI=1S/C19H19ClFN3O2/c1-12(19(25)23-15-6-5-14(10-22)16(20)9-15)24(2)11-13-4-7-18(26-3)17(21)8-13/h4-9,12H,11H2,1-3H3,(H,23,25). The summed E-state index contributed by atoms with van der Waals surface area (Å²) in [5, 5.41) is 11.9. The van der Waals surface area contributed by atoms with E-state index >= 15 is 0 Å². The third-order valence-corrected chi connectivity index (χ3v) is 4.36. The van der Waals surface area contributed by atoms with Crippen molar-refractivity contribution in [2.45, 2.75) is 19.5 Å². The number of likely N-dealkylation sites (N-methyl/N-ethyl adjacent to an activating group) is 1. The van der Waals surface area contributed by atoms with Gasteiger partial charge in [0.25, 0.3) is 0 Å². The van der Waals surface area contributed by atoms with Crippen LogP contribution in [0.15, 0.2) is 36.4 Å².